The van der Waals surface area contributed by atoms with E-state index in [-0.39, 0.29) is 3.94 Å². The van der Waals surface area contributed by atoms with Crippen LogP contribution in [0.25, 0.3) is 0 Å². The molecule has 10 heteroatoms. The van der Waals surface area contributed by atoms with Crippen molar-refractivity contribution in [3.8, 4) is 0 Å². The maximum Gasteiger partial charge on any atom is 0.385 e. The van der Waals surface area contributed by atoms with Crippen LogP contribution in [-0.2, 0) is 9.63 Å². The number of carbonyl (C=O) groups excluding carboxylic acids is 2. The van der Waals surface area contributed by atoms with Gasteiger partial charge < -0.3 is 10.6 Å². The molecule has 2 amide bonds. The van der Waals surface area contributed by atoms with Crippen LogP contribution in [0.15, 0.2) is 0 Å². The number of carbonyl (C=O) groups is 2. The minimum absolute atomic E-state index is 0.140. The van der Waals surface area contributed by atoms with Crippen LogP contribution >= 0.6 is 46.8 Å². The smallest absolute Gasteiger partial charge is 0.349 e. The predicted octanol–water partition coefficient (Wildman–Crippen LogP) is 0.854. The van der Waals surface area contributed by atoms with Gasteiger partial charge in [0.15, 0.2) is 0 Å². The van der Waals surface area contributed by atoms with Crippen molar-refractivity contribution in [2.45, 2.75) is 4.46 Å². The molecular weight excluding hydrogens is 268 g/mol. The van der Waals surface area contributed by atoms with E-state index in [1.54, 1.807) is 0 Å². The molecule has 0 saturated carbocycles. The van der Waals surface area contributed by atoms with E-state index < -0.39 is 16.5 Å². The van der Waals surface area contributed by atoms with Gasteiger partial charge in [-0.1, -0.05) is 27.1 Å². The second-order valence-corrected chi connectivity index (χ2v) is 3.77. The molecule has 0 aliphatic carbocycles. The normalized spacial score (nSPS) is 11.2. The summed E-state index contributed by atoms with van der Waals surface area (Å²) in [6, 6.07) is -1.10. The van der Waals surface area contributed by atoms with Gasteiger partial charge in [-0.3, -0.25) is 0 Å². The maximum absolute atomic E-state index is 10.8. The average Bonchev–Trinajstić information content (AvgIpc) is 1.99. The number of hydrogen-bond donors (Lipinski definition) is 2. The van der Waals surface area contributed by atoms with Gasteiger partial charge in [-0.2, -0.15) is 5.48 Å². The Morgan fingerprint density at radius 1 is 1.38 bits per heavy atom. The minimum atomic E-state index is -2.33. The average molecular weight is 271 g/mol. The molecule has 0 aromatic heterocycles. The van der Waals surface area contributed by atoms with Gasteiger partial charge in [0.25, 0.3) is 4.46 Å². The van der Waals surface area contributed by atoms with Crippen molar-refractivity contribution >= 4 is 58.8 Å². The van der Waals surface area contributed by atoms with Crippen LogP contribution in [0.1, 0.15) is 0 Å². The van der Waals surface area contributed by atoms with Crippen LogP contribution < -0.4 is 11.2 Å². The van der Waals surface area contributed by atoms with Crippen LogP contribution in [0.3, 0.4) is 0 Å². The van der Waals surface area contributed by atoms with Crippen LogP contribution in [0, 0.1) is 0 Å². The fourth-order valence-electron chi connectivity index (χ4n) is 0.227. The molecule has 0 saturated heterocycles. The van der Waals surface area contributed by atoms with Gasteiger partial charge >= 0.3 is 12.0 Å². The van der Waals surface area contributed by atoms with E-state index in [1.807, 2.05) is 0 Å². The molecule has 0 heterocycles. The van der Waals surface area contributed by atoms with Crippen molar-refractivity contribution < 1.29 is 14.4 Å². The Morgan fingerprint density at radius 2 is 1.85 bits per heavy atom. The summed E-state index contributed by atoms with van der Waals surface area (Å²) >= 11 is 20.7. The first-order valence-electron chi connectivity index (χ1n) is 2.54. The Labute approximate surface area is 92.9 Å². The van der Waals surface area contributed by atoms with E-state index in [1.165, 1.54) is 5.48 Å². The second kappa shape index (κ2) is 4.92. The standard InChI is InChI=1S/C3H3Cl4N3O3/c4-3(5,10(6)7)1(11)13-9-2(8)12/h(H3,8,9,12). The van der Waals surface area contributed by atoms with Gasteiger partial charge in [-0.25, -0.2) is 9.59 Å². The largest absolute Gasteiger partial charge is 0.385 e. The molecule has 0 unspecified atom stereocenters. The summed E-state index contributed by atoms with van der Waals surface area (Å²) in [5.41, 5.74) is 6.05. The zero-order valence-corrected chi connectivity index (χ0v) is 8.78. The number of hydroxylamine groups is 1. The monoisotopic (exact) mass is 269 g/mol. The van der Waals surface area contributed by atoms with E-state index >= 15 is 0 Å². The molecule has 0 aromatic rings. The molecular formula is C3H3Cl4N3O3. The van der Waals surface area contributed by atoms with Crippen LogP contribution in [0.5, 0.6) is 0 Å². The first-order valence-corrected chi connectivity index (χ1v) is 3.98. The number of hydrogen-bond acceptors (Lipinski definition) is 4. The lowest BCUT2D eigenvalue weighted by Crippen LogP contribution is -2.42. The highest BCUT2D eigenvalue weighted by Crippen LogP contribution is 2.30. The number of rotatable bonds is 2. The van der Waals surface area contributed by atoms with Gasteiger partial charge in [0, 0.05) is 0 Å². The Bertz CT molecular complexity index is 220. The summed E-state index contributed by atoms with van der Waals surface area (Å²) in [5, 5.41) is 0. The van der Waals surface area contributed by atoms with Gasteiger partial charge in [-0.15, -0.1) is 0 Å². The van der Waals surface area contributed by atoms with Crippen molar-refractivity contribution in [1.82, 2.24) is 9.42 Å². The molecule has 0 fully saturated rings. The molecule has 0 rings (SSSR count). The first-order chi connectivity index (χ1) is 5.78. The van der Waals surface area contributed by atoms with Gasteiger partial charge in [0.05, 0.1) is 0 Å². The summed E-state index contributed by atoms with van der Waals surface area (Å²) < 4.78 is -2.19. The van der Waals surface area contributed by atoms with Gasteiger partial charge in [0.1, 0.15) is 0 Å². The predicted molar refractivity (Wildman–Crippen MR) is 46.8 cm³/mol. The molecule has 0 bridgehead atoms. The number of alkyl halides is 2. The molecule has 0 spiro atoms. The number of amides is 2. The highest BCUT2D eigenvalue weighted by Gasteiger charge is 2.42. The molecule has 76 valence electrons. The third-order valence-corrected chi connectivity index (χ3v) is 2.20. The van der Waals surface area contributed by atoms with Crippen molar-refractivity contribution in [3.05, 3.63) is 0 Å². The van der Waals surface area contributed by atoms with Gasteiger partial charge in [-0.05, 0) is 23.6 Å². The summed E-state index contributed by atoms with van der Waals surface area (Å²) in [5.74, 6) is -1.31. The third kappa shape index (κ3) is 4.06. The van der Waals surface area contributed by atoms with Crippen LogP contribution in [-0.4, -0.2) is 20.4 Å². The third-order valence-electron chi connectivity index (χ3n) is 0.702. The fraction of sp³-hybridized carbons (Fsp3) is 0.333. The SMILES string of the molecule is NC(=O)NOC(=O)C(Cl)(Cl)N(Cl)Cl. The molecule has 0 aliphatic rings. The van der Waals surface area contributed by atoms with Crippen LogP contribution in [0.2, 0.25) is 0 Å². The highest BCUT2D eigenvalue weighted by atomic mass is 35.6. The summed E-state index contributed by atoms with van der Waals surface area (Å²) in [6.45, 7) is 0. The zero-order chi connectivity index (χ0) is 10.6. The number of urea groups is 1. The van der Waals surface area contributed by atoms with Gasteiger partial charge in [0.2, 0.25) is 0 Å². The number of halogens is 4. The second-order valence-electron chi connectivity index (χ2n) is 1.63. The Balaban J connectivity index is 4.18. The molecule has 13 heavy (non-hydrogen) atoms. The Morgan fingerprint density at radius 3 is 2.15 bits per heavy atom. The zero-order valence-electron chi connectivity index (χ0n) is 5.76. The summed E-state index contributed by atoms with van der Waals surface area (Å²) in [4.78, 5) is 24.9. The summed E-state index contributed by atoms with van der Waals surface area (Å²) in [6.07, 6.45) is 0. The molecule has 0 atom stereocenters. The molecule has 6 nitrogen and oxygen atoms in total. The number of nitrogens with two attached hydrogens (primary N) is 1. The molecule has 0 aromatic carbocycles. The van der Waals surface area contributed by atoms with Crippen molar-refractivity contribution in [2.75, 3.05) is 0 Å². The quantitative estimate of drug-likeness (QED) is 0.337. The molecule has 0 aliphatic heterocycles. The maximum atomic E-state index is 10.8. The number of primary amides is 1. The number of nitrogens with one attached hydrogen (secondary N) is 1. The van der Waals surface area contributed by atoms with E-state index in [9.17, 15) is 9.59 Å². The summed E-state index contributed by atoms with van der Waals surface area (Å²) in [7, 11) is 0. The van der Waals surface area contributed by atoms with E-state index in [0.717, 1.165) is 0 Å². The molecule has 0 radical (unpaired) electrons. The lowest BCUT2D eigenvalue weighted by molar-refractivity contribution is -0.151. The van der Waals surface area contributed by atoms with Crippen molar-refractivity contribution in [3.63, 3.8) is 0 Å². The van der Waals surface area contributed by atoms with Crippen LogP contribution in [0.4, 0.5) is 4.79 Å². The highest BCUT2D eigenvalue weighted by molar-refractivity contribution is 6.61. The fourth-order valence-corrected chi connectivity index (χ4v) is 0.442. The van der Waals surface area contributed by atoms with Crippen molar-refractivity contribution in [1.29, 1.82) is 0 Å². The Hall–Kier alpha value is -0.140. The van der Waals surface area contributed by atoms with E-state index in [2.05, 4.69) is 10.6 Å². The van der Waals surface area contributed by atoms with E-state index in [4.69, 9.17) is 46.8 Å². The lowest BCUT2D eigenvalue weighted by atomic mass is 10.7. The molecule has 3 N–H and O–H groups in total. The number of nitrogens with zero attached hydrogens (tertiary/aromatic N) is 1. The topological polar surface area (TPSA) is 84.7 Å². The first kappa shape index (κ1) is 12.9. The van der Waals surface area contributed by atoms with E-state index in [0.29, 0.717) is 0 Å². The lowest BCUT2D eigenvalue weighted by Gasteiger charge is -2.18. The Kier molecular flexibility index (Phi) is 4.87. The van der Waals surface area contributed by atoms with Crippen molar-refractivity contribution in [2.24, 2.45) is 5.73 Å². The minimum Gasteiger partial charge on any atom is -0.349 e.